The average molecular weight is 397 g/mol. The quantitative estimate of drug-likeness (QED) is 0.774. The third-order valence-corrected chi connectivity index (χ3v) is 5.70. The first-order valence-electron chi connectivity index (χ1n) is 10.2. The first-order chi connectivity index (χ1) is 14.2. The number of carbonyl (C=O) groups excluding carboxylic acids is 1. The standard InChI is InChI=1S/C22H27N3O4/c1-28-19-16-20(26)25-14-13-23(9-4-6-17-7-5-15-29-17)12-8-18(25)21(19)22(27)24-10-2-3-11-24/h4-7,15-16H,2-3,8-14H2,1H3/b6-4+. The molecule has 1 amide bonds. The van der Waals surface area contributed by atoms with Crippen LogP contribution in [0.15, 0.2) is 39.7 Å². The molecule has 0 bridgehead atoms. The van der Waals surface area contributed by atoms with Crippen molar-refractivity contribution in [2.45, 2.75) is 25.8 Å². The number of nitrogens with zero attached hydrogens (tertiary/aromatic N) is 3. The summed E-state index contributed by atoms with van der Waals surface area (Å²) in [6.45, 7) is 4.38. The lowest BCUT2D eigenvalue weighted by molar-refractivity contribution is 0.0787. The third-order valence-electron chi connectivity index (χ3n) is 5.70. The molecule has 0 unspecified atom stereocenters. The van der Waals surface area contributed by atoms with E-state index < -0.39 is 0 Å². The fourth-order valence-corrected chi connectivity index (χ4v) is 4.15. The van der Waals surface area contributed by atoms with Crippen LogP contribution < -0.4 is 10.3 Å². The van der Waals surface area contributed by atoms with Crippen molar-refractivity contribution in [3.8, 4) is 5.75 Å². The van der Waals surface area contributed by atoms with Crippen molar-refractivity contribution in [2.75, 3.05) is 39.8 Å². The van der Waals surface area contributed by atoms with Crippen LogP contribution in [0.3, 0.4) is 0 Å². The summed E-state index contributed by atoms with van der Waals surface area (Å²) in [5.74, 6) is 1.20. The van der Waals surface area contributed by atoms with Gasteiger partial charge < -0.3 is 18.6 Å². The molecular weight excluding hydrogens is 370 g/mol. The number of rotatable bonds is 5. The van der Waals surface area contributed by atoms with Gasteiger partial charge in [0.1, 0.15) is 17.1 Å². The van der Waals surface area contributed by atoms with Crippen LogP contribution in [-0.4, -0.2) is 60.1 Å². The van der Waals surface area contributed by atoms with Crippen LogP contribution in [0.4, 0.5) is 0 Å². The maximum absolute atomic E-state index is 13.2. The van der Waals surface area contributed by atoms with Crippen molar-refractivity contribution < 1.29 is 13.9 Å². The zero-order chi connectivity index (χ0) is 20.2. The highest BCUT2D eigenvalue weighted by Crippen LogP contribution is 2.26. The SMILES string of the molecule is COc1cc(=O)n2c(c1C(=O)N1CCCC1)CCN(C/C=C/c1ccco1)CC2. The molecule has 0 atom stereocenters. The molecule has 154 valence electrons. The lowest BCUT2D eigenvalue weighted by Crippen LogP contribution is -2.33. The second kappa shape index (κ2) is 8.69. The van der Waals surface area contributed by atoms with Crippen LogP contribution in [0.5, 0.6) is 5.75 Å². The molecule has 0 N–H and O–H groups in total. The Morgan fingerprint density at radius 1 is 1.21 bits per heavy atom. The van der Waals surface area contributed by atoms with E-state index in [9.17, 15) is 9.59 Å². The van der Waals surface area contributed by atoms with Gasteiger partial charge in [0.2, 0.25) is 0 Å². The smallest absolute Gasteiger partial charge is 0.259 e. The number of hydrogen-bond acceptors (Lipinski definition) is 5. The van der Waals surface area contributed by atoms with Crippen molar-refractivity contribution in [2.24, 2.45) is 0 Å². The van der Waals surface area contributed by atoms with Crippen LogP contribution in [0, 0.1) is 0 Å². The normalized spacial score (nSPS) is 17.5. The van der Waals surface area contributed by atoms with Gasteiger partial charge >= 0.3 is 0 Å². The van der Waals surface area contributed by atoms with Crippen LogP contribution in [-0.2, 0) is 13.0 Å². The Morgan fingerprint density at radius 3 is 2.76 bits per heavy atom. The third kappa shape index (κ3) is 4.15. The molecule has 7 heteroatoms. The fraction of sp³-hybridized carbons (Fsp3) is 0.455. The monoisotopic (exact) mass is 397 g/mol. The maximum Gasteiger partial charge on any atom is 0.259 e. The summed E-state index contributed by atoms with van der Waals surface area (Å²) in [5.41, 5.74) is 1.24. The summed E-state index contributed by atoms with van der Waals surface area (Å²) < 4.78 is 12.5. The highest BCUT2D eigenvalue weighted by atomic mass is 16.5. The lowest BCUT2D eigenvalue weighted by Gasteiger charge is -2.21. The van der Waals surface area contributed by atoms with E-state index in [-0.39, 0.29) is 11.5 Å². The molecule has 1 saturated heterocycles. The molecular formula is C22H27N3O4. The number of amides is 1. The van der Waals surface area contributed by atoms with Crippen LogP contribution in [0.1, 0.15) is 34.7 Å². The Morgan fingerprint density at radius 2 is 2.03 bits per heavy atom. The molecule has 29 heavy (non-hydrogen) atoms. The van der Waals surface area contributed by atoms with Gasteiger partial charge in [-0.25, -0.2) is 0 Å². The van der Waals surface area contributed by atoms with E-state index >= 15 is 0 Å². The number of pyridine rings is 1. The number of fused-ring (bicyclic) bond motifs is 1. The van der Waals surface area contributed by atoms with Crippen molar-refractivity contribution in [1.82, 2.24) is 14.4 Å². The van der Waals surface area contributed by atoms with Gasteiger partial charge in [-0.1, -0.05) is 6.08 Å². The number of carbonyl (C=O) groups is 1. The predicted molar refractivity (Wildman–Crippen MR) is 110 cm³/mol. The van der Waals surface area contributed by atoms with Crippen molar-refractivity contribution in [3.05, 3.63) is 57.9 Å². The Hall–Kier alpha value is -2.80. The number of hydrogen-bond donors (Lipinski definition) is 0. The minimum Gasteiger partial charge on any atom is -0.496 e. The summed E-state index contributed by atoms with van der Waals surface area (Å²) in [6, 6.07) is 5.23. The summed E-state index contributed by atoms with van der Waals surface area (Å²) in [5, 5.41) is 0. The first kappa shape index (κ1) is 19.5. The molecule has 0 radical (unpaired) electrons. The molecule has 4 heterocycles. The number of methoxy groups -OCH3 is 1. The molecule has 1 fully saturated rings. The van der Waals surface area contributed by atoms with Gasteiger partial charge in [-0.05, 0) is 31.1 Å². The number of furan rings is 1. The zero-order valence-electron chi connectivity index (χ0n) is 16.8. The van der Waals surface area contributed by atoms with Gasteiger partial charge in [0, 0.05) is 57.4 Å². The number of ether oxygens (including phenoxy) is 1. The molecule has 7 nitrogen and oxygen atoms in total. The summed E-state index contributed by atoms with van der Waals surface area (Å²) in [4.78, 5) is 30.0. The van der Waals surface area contributed by atoms with Gasteiger partial charge in [-0.2, -0.15) is 0 Å². The van der Waals surface area contributed by atoms with Gasteiger partial charge in [0.15, 0.2) is 0 Å². The Bertz CT molecular complexity index is 940. The van der Waals surface area contributed by atoms with Crippen LogP contribution in [0.2, 0.25) is 0 Å². The van der Waals surface area contributed by atoms with Gasteiger partial charge in [0.25, 0.3) is 11.5 Å². The summed E-state index contributed by atoms with van der Waals surface area (Å²) in [7, 11) is 1.52. The fourth-order valence-electron chi connectivity index (χ4n) is 4.15. The van der Waals surface area contributed by atoms with E-state index in [0.29, 0.717) is 24.3 Å². The molecule has 0 saturated carbocycles. The minimum atomic E-state index is -0.109. The molecule has 4 rings (SSSR count). The topological polar surface area (TPSA) is 67.9 Å². The van der Waals surface area contributed by atoms with Crippen LogP contribution >= 0.6 is 0 Å². The molecule has 2 aromatic rings. The molecule has 0 spiro atoms. The molecule has 2 aromatic heterocycles. The molecule has 0 aromatic carbocycles. The van der Waals surface area contributed by atoms with Crippen molar-refractivity contribution in [1.29, 1.82) is 0 Å². The van der Waals surface area contributed by atoms with Crippen LogP contribution in [0.25, 0.3) is 6.08 Å². The van der Waals surface area contributed by atoms with E-state index in [4.69, 9.17) is 9.15 Å². The average Bonchev–Trinajstić information content (AvgIpc) is 3.40. The van der Waals surface area contributed by atoms with E-state index in [1.165, 1.54) is 13.2 Å². The second-order valence-corrected chi connectivity index (χ2v) is 7.49. The van der Waals surface area contributed by atoms with E-state index in [1.54, 1.807) is 10.8 Å². The van der Waals surface area contributed by atoms with Gasteiger partial charge in [-0.15, -0.1) is 0 Å². The lowest BCUT2D eigenvalue weighted by atomic mass is 10.1. The van der Waals surface area contributed by atoms with Crippen molar-refractivity contribution >= 4 is 12.0 Å². The Labute approximate surface area is 170 Å². The Kier molecular flexibility index (Phi) is 5.85. The second-order valence-electron chi connectivity index (χ2n) is 7.49. The van der Waals surface area contributed by atoms with Crippen molar-refractivity contribution in [3.63, 3.8) is 0 Å². The predicted octanol–water partition coefficient (Wildman–Crippen LogP) is 2.26. The van der Waals surface area contributed by atoms with Gasteiger partial charge in [0.05, 0.1) is 13.4 Å². The largest absolute Gasteiger partial charge is 0.496 e. The van der Waals surface area contributed by atoms with Gasteiger partial charge in [-0.3, -0.25) is 14.5 Å². The highest BCUT2D eigenvalue weighted by Gasteiger charge is 2.29. The first-order valence-corrected chi connectivity index (χ1v) is 10.2. The van der Waals surface area contributed by atoms with E-state index in [0.717, 1.165) is 57.0 Å². The maximum atomic E-state index is 13.2. The molecule has 0 aliphatic carbocycles. The molecule has 2 aliphatic rings. The highest BCUT2D eigenvalue weighted by molar-refractivity contribution is 5.98. The van der Waals surface area contributed by atoms with E-state index in [2.05, 4.69) is 11.0 Å². The zero-order valence-corrected chi connectivity index (χ0v) is 16.8. The minimum absolute atomic E-state index is 0.0192. The summed E-state index contributed by atoms with van der Waals surface area (Å²) >= 11 is 0. The van der Waals surface area contributed by atoms with E-state index in [1.807, 2.05) is 23.1 Å². The molecule has 2 aliphatic heterocycles. The summed E-state index contributed by atoms with van der Waals surface area (Å²) in [6.07, 6.45) is 8.36. The number of likely N-dealkylation sites (tertiary alicyclic amines) is 1. The number of aromatic nitrogens is 1. The Balaban J connectivity index is 1.57.